The number of hydrogen-bond acceptors (Lipinski definition) is 3. The first-order valence-corrected chi connectivity index (χ1v) is 25.7. The van der Waals surface area contributed by atoms with Crippen LogP contribution >= 0.6 is 11.3 Å². The Morgan fingerprint density at radius 2 is 0.913 bits per heavy atom. The van der Waals surface area contributed by atoms with E-state index in [0.717, 1.165) is 5.69 Å². The smallest absolute Gasteiger partial charge is 0.273 e. The lowest BCUT2D eigenvalue weighted by molar-refractivity contribution is 0.590. The van der Waals surface area contributed by atoms with E-state index < -0.39 is 0 Å². The maximum Gasteiger partial charge on any atom is 0.273 e. The van der Waals surface area contributed by atoms with Gasteiger partial charge in [0.05, 0.1) is 11.2 Å². The van der Waals surface area contributed by atoms with Gasteiger partial charge in [0.25, 0.3) is 6.71 Å². The Kier molecular flexibility index (Phi) is 9.48. The molecule has 2 aliphatic rings. The number of benzene rings is 8. The van der Waals surface area contributed by atoms with Crippen LogP contribution in [0.15, 0.2) is 158 Å². The minimum atomic E-state index is -0.0846. The molecule has 8 aromatic carbocycles. The van der Waals surface area contributed by atoms with Crippen LogP contribution in [0.3, 0.4) is 0 Å². The van der Waals surface area contributed by atoms with Crippen LogP contribution in [0.4, 0.5) is 34.1 Å². The predicted octanol–water partition coefficient (Wildman–Crippen LogP) is 16.4. The Labute approximate surface area is 413 Å². The second-order valence-corrected chi connectivity index (χ2v) is 24.9. The molecule has 0 radical (unpaired) electrons. The van der Waals surface area contributed by atoms with E-state index in [4.69, 9.17) is 0 Å². The summed E-state index contributed by atoms with van der Waals surface area (Å²) in [7, 11) is 0. The molecule has 0 amide bonds. The first-order chi connectivity index (χ1) is 32.8. The third-order valence-electron chi connectivity index (χ3n) is 15.2. The van der Waals surface area contributed by atoms with Crippen LogP contribution in [0.5, 0.6) is 0 Å². The Morgan fingerprint density at radius 3 is 1.51 bits per heavy atom. The maximum absolute atomic E-state index is 2.65. The molecule has 12 rings (SSSR count). The second kappa shape index (κ2) is 15.0. The van der Waals surface area contributed by atoms with Gasteiger partial charge in [-0.2, -0.15) is 0 Å². The van der Waals surface area contributed by atoms with Crippen molar-refractivity contribution in [2.45, 2.75) is 105 Å². The molecule has 2 aromatic heterocycles. The standard InChI is InChI=1S/C64H62BN3S/c1-61(2,3)40-21-28-44(29-22-40)66-51-36-27-43(64(10,11)12)38-50(51)65-56-53(66)18-15-19-54(56)67(45-30-23-41(24-31-45)62(4,5)6)57-55-52(68(60(57)65)46-32-25-42(26-33-46)63(7,8)9)37-35-49-48-34-20-39-16-13-14-17-47(39)58(48)69-59(49)55/h13-38H,1-12H3. The Hall–Kier alpha value is -6.56. The SMILES string of the molecule is CC(C)(C)c1ccc(N2c3ccc(C(C)(C)C)cc3B3c4c2cccc4N(c2ccc(C(C)(C)C)cc2)c2c3n(-c3ccc(C(C)(C)C)cc3)c3ccc4c5ccc6ccccc6c5sc4c23)cc1. The summed E-state index contributed by atoms with van der Waals surface area (Å²) in [4.78, 5) is 5.19. The van der Waals surface area contributed by atoms with Gasteiger partial charge >= 0.3 is 0 Å². The van der Waals surface area contributed by atoms with E-state index in [9.17, 15) is 0 Å². The Bertz CT molecular complexity index is 3690. The molecule has 0 atom stereocenters. The summed E-state index contributed by atoms with van der Waals surface area (Å²) in [6.07, 6.45) is 0. The Balaban J connectivity index is 1.26. The van der Waals surface area contributed by atoms with Gasteiger partial charge in [0.2, 0.25) is 0 Å². The van der Waals surface area contributed by atoms with Gasteiger partial charge in [0, 0.05) is 65.3 Å². The fourth-order valence-corrected chi connectivity index (χ4v) is 12.7. The van der Waals surface area contributed by atoms with E-state index in [1.54, 1.807) is 0 Å². The third-order valence-corrected chi connectivity index (χ3v) is 16.5. The molecule has 0 spiro atoms. The lowest BCUT2D eigenvalue weighted by atomic mass is 9.34. The summed E-state index contributed by atoms with van der Waals surface area (Å²) in [6.45, 7) is 27.7. The molecule has 5 heteroatoms. The second-order valence-electron chi connectivity index (χ2n) is 23.9. The first-order valence-electron chi connectivity index (χ1n) is 24.9. The minimum absolute atomic E-state index is 0.0152. The van der Waals surface area contributed by atoms with E-state index in [0.29, 0.717) is 0 Å². The highest BCUT2D eigenvalue weighted by Crippen LogP contribution is 2.51. The zero-order valence-corrected chi connectivity index (χ0v) is 43.2. The molecule has 342 valence electrons. The minimum Gasteiger partial charge on any atom is -0.319 e. The van der Waals surface area contributed by atoms with Crippen LogP contribution in [0.25, 0.3) is 47.5 Å². The highest BCUT2D eigenvalue weighted by molar-refractivity contribution is 7.27. The zero-order valence-electron chi connectivity index (χ0n) is 42.3. The van der Waals surface area contributed by atoms with E-state index in [-0.39, 0.29) is 28.4 Å². The molecule has 69 heavy (non-hydrogen) atoms. The largest absolute Gasteiger partial charge is 0.319 e. The fourth-order valence-electron chi connectivity index (χ4n) is 11.4. The summed E-state index contributed by atoms with van der Waals surface area (Å²) in [5.74, 6) is 0. The normalized spacial score (nSPS) is 14.0. The number of fused-ring (bicyclic) bond motifs is 12. The zero-order chi connectivity index (χ0) is 48.1. The summed E-state index contributed by atoms with van der Waals surface area (Å²) >= 11 is 1.96. The van der Waals surface area contributed by atoms with Crippen LogP contribution in [0.1, 0.15) is 105 Å². The molecule has 3 nitrogen and oxygen atoms in total. The first kappa shape index (κ1) is 43.7. The molecule has 0 N–H and O–H groups in total. The molecule has 0 saturated heterocycles. The number of rotatable bonds is 3. The number of thiophene rings is 1. The van der Waals surface area contributed by atoms with Crippen molar-refractivity contribution < 1.29 is 0 Å². The molecule has 0 saturated carbocycles. The average molecular weight is 916 g/mol. The molecule has 0 unspecified atom stereocenters. The van der Waals surface area contributed by atoms with Gasteiger partial charge in [0.1, 0.15) is 0 Å². The van der Waals surface area contributed by atoms with Crippen molar-refractivity contribution in [3.8, 4) is 5.69 Å². The molecular weight excluding hydrogens is 854 g/mol. The predicted molar refractivity (Wildman–Crippen MR) is 302 cm³/mol. The van der Waals surface area contributed by atoms with Crippen molar-refractivity contribution in [2.75, 3.05) is 9.80 Å². The number of hydrogen-bond donors (Lipinski definition) is 0. The van der Waals surface area contributed by atoms with Gasteiger partial charge in [-0.15, -0.1) is 11.3 Å². The average Bonchev–Trinajstić information content (AvgIpc) is 3.87. The molecule has 4 heterocycles. The summed E-state index contributed by atoms with van der Waals surface area (Å²) in [5.41, 5.74) is 19.0. The highest BCUT2D eigenvalue weighted by atomic mass is 32.1. The van der Waals surface area contributed by atoms with Crippen molar-refractivity contribution >= 4 is 111 Å². The molecule has 2 aliphatic heterocycles. The topological polar surface area (TPSA) is 11.4 Å². The lowest BCUT2D eigenvalue weighted by Gasteiger charge is -2.44. The van der Waals surface area contributed by atoms with Crippen LogP contribution in [0.2, 0.25) is 0 Å². The van der Waals surface area contributed by atoms with E-state index in [2.05, 4.69) is 255 Å². The van der Waals surface area contributed by atoms with Crippen molar-refractivity contribution in [3.05, 3.63) is 180 Å². The van der Waals surface area contributed by atoms with Gasteiger partial charge in [-0.25, -0.2) is 0 Å². The highest BCUT2D eigenvalue weighted by Gasteiger charge is 2.47. The molecule has 10 aromatic rings. The van der Waals surface area contributed by atoms with Crippen molar-refractivity contribution in [3.63, 3.8) is 0 Å². The van der Waals surface area contributed by atoms with Gasteiger partial charge in [0.15, 0.2) is 0 Å². The number of anilines is 6. The monoisotopic (exact) mass is 915 g/mol. The van der Waals surface area contributed by atoms with Crippen LogP contribution in [0, 0.1) is 0 Å². The maximum atomic E-state index is 2.65. The summed E-state index contributed by atoms with van der Waals surface area (Å²) in [6, 6.07) is 61.1. The lowest BCUT2D eigenvalue weighted by Crippen LogP contribution is -2.63. The van der Waals surface area contributed by atoms with Crippen molar-refractivity contribution in [1.29, 1.82) is 0 Å². The number of aromatic nitrogens is 1. The van der Waals surface area contributed by atoms with Gasteiger partial charge in [-0.3, -0.25) is 0 Å². The quantitative estimate of drug-likeness (QED) is 0.164. The van der Waals surface area contributed by atoms with E-state index >= 15 is 0 Å². The van der Waals surface area contributed by atoms with Crippen LogP contribution < -0.4 is 26.3 Å². The van der Waals surface area contributed by atoms with Crippen molar-refractivity contribution in [1.82, 2.24) is 4.57 Å². The van der Waals surface area contributed by atoms with Gasteiger partial charge < -0.3 is 14.4 Å². The van der Waals surface area contributed by atoms with Crippen LogP contribution in [-0.4, -0.2) is 11.3 Å². The van der Waals surface area contributed by atoms with Gasteiger partial charge in [-0.05, 0) is 126 Å². The fraction of sp³-hybridized carbons (Fsp3) is 0.250. The Morgan fingerprint density at radius 1 is 0.406 bits per heavy atom. The summed E-state index contributed by atoms with van der Waals surface area (Å²) in [5, 5.41) is 6.52. The van der Waals surface area contributed by atoms with Crippen molar-refractivity contribution in [2.24, 2.45) is 0 Å². The van der Waals surface area contributed by atoms with E-state index in [1.165, 1.54) is 115 Å². The summed E-state index contributed by atoms with van der Waals surface area (Å²) < 4.78 is 5.33. The van der Waals surface area contributed by atoms with Gasteiger partial charge in [-0.1, -0.05) is 180 Å². The van der Waals surface area contributed by atoms with E-state index in [1.807, 2.05) is 11.3 Å². The van der Waals surface area contributed by atoms with Crippen LogP contribution in [-0.2, 0) is 21.7 Å². The molecule has 0 aliphatic carbocycles. The third kappa shape index (κ3) is 6.74. The molecular formula is C64H62BN3S. The molecule has 0 bridgehead atoms. The molecule has 0 fully saturated rings. The number of nitrogens with zero attached hydrogens (tertiary/aromatic N) is 3.